The zero-order valence-corrected chi connectivity index (χ0v) is 17.7. The Hall–Kier alpha value is -4.03. The van der Waals surface area contributed by atoms with Crippen molar-refractivity contribution in [3.63, 3.8) is 0 Å². The van der Waals surface area contributed by atoms with Crippen LogP contribution in [0.2, 0.25) is 5.02 Å². The lowest BCUT2D eigenvalue weighted by Gasteiger charge is -2.13. The second-order valence-corrected chi connectivity index (χ2v) is 7.49. The summed E-state index contributed by atoms with van der Waals surface area (Å²) >= 11 is 5.98. The minimum Gasteiger partial charge on any atom is -0.346 e. The Morgan fingerprint density at radius 2 is 2.12 bits per heavy atom. The maximum Gasteiger partial charge on any atom is 0.272 e. The molecule has 3 heterocycles. The summed E-state index contributed by atoms with van der Waals surface area (Å²) in [5, 5.41) is 20.6. The molecule has 3 aromatic heterocycles. The summed E-state index contributed by atoms with van der Waals surface area (Å²) in [4.78, 5) is 16.6. The first-order valence-corrected chi connectivity index (χ1v) is 10.0. The molecule has 0 spiro atoms. The van der Waals surface area contributed by atoms with Gasteiger partial charge in [-0.25, -0.2) is 9.07 Å². The molecule has 1 amide bonds. The van der Waals surface area contributed by atoms with E-state index in [2.05, 4.69) is 20.5 Å². The average Bonchev–Trinajstić information content (AvgIpc) is 3.44. The van der Waals surface area contributed by atoms with Crippen LogP contribution in [0.25, 0.3) is 16.9 Å². The normalized spacial score (nSPS) is 11.7. The minimum absolute atomic E-state index is 0.0309. The molecule has 4 rings (SSSR count). The summed E-state index contributed by atoms with van der Waals surface area (Å²) < 4.78 is 17.2. The van der Waals surface area contributed by atoms with E-state index < -0.39 is 5.82 Å². The third-order valence-electron chi connectivity index (χ3n) is 4.66. The molecule has 0 saturated heterocycles. The molecule has 1 N–H and O–H groups in total. The zero-order chi connectivity index (χ0) is 22.7. The van der Waals surface area contributed by atoms with Crippen molar-refractivity contribution >= 4 is 17.5 Å². The predicted molar refractivity (Wildman–Crippen MR) is 116 cm³/mol. The van der Waals surface area contributed by atoms with Crippen molar-refractivity contribution in [3.05, 3.63) is 83.3 Å². The monoisotopic (exact) mass is 449 g/mol. The van der Waals surface area contributed by atoms with Crippen LogP contribution in [0.4, 0.5) is 4.39 Å². The van der Waals surface area contributed by atoms with Gasteiger partial charge in [0.2, 0.25) is 0 Å². The van der Waals surface area contributed by atoms with Crippen LogP contribution in [0.1, 0.15) is 23.0 Å². The van der Waals surface area contributed by atoms with Crippen molar-refractivity contribution in [2.45, 2.75) is 19.5 Å². The van der Waals surface area contributed by atoms with E-state index in [0.29, 0.717) is 17.8 Å². The largest absolute Gasteiger partial charge is 0.346 e. The summed E-state index contributed by atoms with van der Waals surface area (Å²) in [7, 11) is 0. The smallest absolute Gasteiger partial charge is 0.272 e. The van der Waals surface area contributed by atoms with E-state index in [0.717, 1.165) is 5.69 Å². The molecule has 8 nitrogen and oxygen atoms in total. The number of nitriles is 1. The van der Waals surface area contributed by atoms with Crippen LogP contribution in [0.5, 0.6) is 0 Å². The summed E-state index contributed by atoms with van der Waals surface area (Å²) in [6.45, 7) is 2.23. The van der Waals surface area contributed by atoms with Crippen LogP contribution in [0.15, 0.2) is 61.2 Å². The SMILES string of the molecule is C[C@@H](Cn1ccc(-c2cc(F)c(C#N)c(Cl)c2)n1)NC(=O)c1ccn(-c2cccnc2)n1. The number of carbonyl (C=O) groups is 1. The lowest BCUT2D eigenvalue weighted by molar-refractivity contribution is 0.0930. The maximum absolute atomic E-state index is 14.0. The van der Waals surface area contributed by atoms with Gasteiger partial charge in [-0.3, -0.25) is 14.5 Å². The van der Waals surface area contributed by atoms with Crippen LogP contribution in [0, 0.1) is 17.1 Å². The summed E-state index contributed by atoms with van der Waals surface area (Å²) in [5.74, 6) is -1.01. The Kier molecular flexibility index (Phi) is 5.96. The Balaban J connectivity index is 1.41. The Morgan fingerprint density at radius 3 is 2.84 bits per heavy atom. The fraction of sp³-hybridized carbons (Fsp3) is 0.136. The Morgan fingerprint density at radius 1 is 1.28 bits per heavy atom. The molecule has 0 fully saturated rings. The third-order valence-corrected chi connectivity index (χ3v) is 4.96. The van der Waals surface area contributed by atoms with Crippen LogP contribution in [0.3, 0.4) is 0 Å². The molecule has 0 aliphatic carbocycles. The van der Waals surface area contributed by atoms with E-state index in [-0.39, 0.29) is 28.2 Å². The molecule has 4 aromatic rings. The van der Waals surface area contributed by atoms with Crippen molar-refractivity contribution in [3.8, 4) is 23.0 Å². The Labute approximate surface area is 187 Å². The minimum atomic E-state index is -0.698. The molecular weight excluding hydrogens is 433 g/mol. The number of hydrogen-bond acceptors (Lipinski definition) is 5. The number of halogens is 2. The fourth-order valence-corrected chi connectivity index (χ4v) is 3.40. The van der Waals surface area contributed by atoms with E-state index in [1.165, 1.54) is 12.1 Å². The number of rotatable bonds is 6. The van der Waals surface area contributed by atoms with E-state index >= 15 is 0 Å². The van der Waals surface area contributed by atoms with Gasteiger partial charge in [-0.1, -0.05) is 11.6 Å². The first-order chi connectivity index (χ1) is 15.4. The van der Waals surface area contributed by atoms with Crippen LogP contribution >= 0.6 is 11.6 Å². The number of nitrogens with one attached hydrogen (secondary N) is 1. The molecule has 160 valence electrons. The van der Waals surface area contributed by atoms with Gasteiger partial charge in [-0.15, -0.1) is 0 Å². The first kappa shape index (κ1) is 21.2. The van der Waals surface area contributed by atoms with Gasteiger partial charge in [-0.05, 0) is 43.3 Å². The molecule has 0 aliphatic rings. The van der Waals surface area contributed by atoms with Crippen LogP contribution in [-0.2, 0) is 6.54 Å². The quantitative estimate of drug-likeness (QED) is 0.484. The molecular formula is C22H17ClFN7O. The summed E-state index contributed by atoms with van der Waals surface area (Å²) in [5.41, 5.74) is 1.80. The zero-order valence-electron chi connectivity index (χ0n) is 16.9. The number of amides is 1. The average molecular weight is 450 g/mol. The fourth-order valence-electron chi connectivity index (χ4n) is 3.15. The van der Waals surface area contributed by atoms with Gasteiger partial charge in [0, 0.05) is 30.2 Å². The molecule has 32 heavy (non-hydrogen) atoms. The molecule has 0 aliphatic heterocycles. The molecule has 0 bridgehead atoms. The molecule has 1 aromatic carbocycles. The highest BCUT2D eigenvalue weighted by atomic mass is 35.5. The van der Waals surface area contributed by atoms with E-state index in [1.807, 2.05) is 13.0 Å². The van der Waals surface area contributed by atoms with Crippen molar-refractivity contribution in [2.24, 2.45) is 0 Å². The van der Waals surface area contributed by atoms with Gasteiger partial charge in [-0.2, -0.15) is 15.5 Å². The van der Waals surface area contributed by atoms with Crippen molar-refractivity contribution in [1.82, 2.24) is 29.9 Å². The highest BCUT2D eigenvalue weighted by molar-refractivity contribution is 6.32. The van der Waals surface area contributed by atoms with Gasteiger partial charge in [0.15, 0.2) is 5.69 Å². The first-order valence-electron chi connectivity index (χ1n) is 9.64. The number of nitrogens with zero attached hydrogens (tertiary/aromatic N) is 6. The van der Waals surface area contributed by atoms with Gasteiger partial charge in [0.25, 0.3) is 5.91 Å². The molecule has 0 saturated carbocycles. The summed E-state index contributed by atoms with van der Waals surface area (Å²) in [6.07, 6.45) is 6.73. The highest BCUT2D eigenvalue weighted by Crippen LogP contribution is 2.26. The number of pyridine rings is 1. The standard InChI is InChI=1S/C22H17ClFN7O/c1-14(27-22(32)21-5-8-31(29-21)16-3-2-6-26-12-16)13-30-7-4-20(28-30)15-9-18(23)17(11-25)19(24)10-15/h2-10,12,14H,13H2,1H3,(H,27,32)/t14-/m0/s1. The Bertz CT molecular complexity index is 1290. The lowest BCUT2D eigenvalue weighted by Crippen LogP contribution is -2.36. The second-order valence-electron chi connectivity index (χ2n) is 7.08. The molecule has 1 atom stereocenters. The number of aromatic nitrogens is 5. The number of hydrogen-bond donors (Lipinski definition) is 1. The van der Waals surface area contributed by atoms with E-state index in [9.17, 15) is 9.18 Å². The van der Waals surface area contributed by atoms with Crippen molar-refractivity contribution in [1.29, 1.82) is 5.26 Å². The number of benzene rings is 1. The lowest BCUT2D eigenvalue weighted by atomic mass is 10.1. The van der Waals surface area contributed by atoms with Crippen LogP contribution < -0.4 is 5.32 Å². The van der Waals surface area contributed by atoms with E-state index in [1.54, 1.807) is 58.4 Å². The van der Waals surface area contributed by atoms with Gasteiger partial charge < -0.3 is 5.32 Å². The molecule has 10 heteroatoms. The molecule has 0 unspecified atom stereocenters. The van der Waals surface area contributed by atoms with Crippen LogP contribution in [-0.4, -0.2) is 36.5 Å². The molecule has 0 radical (unpaired) electrons. The van der Waals surface area contributed by atoms with Gasteiger partial charge >= 0.3 is 0 Å². The number of carbonyl (C=O) groups excluding carboxylic acids is 1. The highest BCUT2D eigenvalue weighted by Gasteiger charge is 2.15. The topological polar surface area (TPSA) is 101 Å². The van der Waals surface area contributed by atoms with E-state index in [4.69, 9.17) is 16.9 Å². The van der Waals surface area contributed by atoms with Gasteiger partial charge in [0.05, 0.1) is 29.1 Å². The van der Waals surface area contributed by atoms with Crippen molar-refractivity contribution < 1.29 is 9.18 Å². The third kappa shape index (κ3) is 4.50. The predicted octanol–water partition coefficient (Wildman–Crippen LogP) is 3.61. The maximum atomic E-state index is 14.0. The van der Waals surface area contributed by atoms with Crippen molar-refractivity contribution in [2.75, 3.05) is 0 Å². The second kappa shape index (κ2) is 8.99. The summed E-state index contributed by atoms with van der Waals surface area (Å²) in [6, 6.07) is 11.2. The van der Waals surface area contributed by atoms with Gasteiger partial charge in [0.1, 0.15) is 17.4 Å².